The Balaban J connectivity index is 1.23. The van der Waals surface area contributed by atoms with Crippen molar-refractivity contribution in [2.24, 2.45) is 7.05 Å². The van der Waals surface area contributed by atoms with Crippen LogP contribution in [0.15, 0.2) is 54.6 Å². The van der Waals surface area contributed by atoms with Crippen molar-refractivity contribution in [2.45, 2.75) is 38.5 Å². The van der Waals surface area contributed by atoms with E-state index < -0.39 is 12.6 Å². The van der Waals surface area contributed by atoms with Crippen LogP contribution in [0.5, 0.6) is 11.6 Å². The second-order valence-corrected chi connectivity index (χ2v) is 9.92. The van der Waals surface area contributed by atoms with Gasteiger partial charge < -0.3 is 19.1 Å². The number of hydrogen-bond donors (Lipinski definition) is 1. The molecule has 1 aliphatic heterocycles. The van der Waals surface area contributed by atoms with Crippen LogP contribution in [0.3, 0.4) is 0 Å². The zero-order chi connectivity index (χ0) is 27.5. The monoisotopic (exact) mass is 556 g/mol. The van der Waals surface area contributed by atoms with E-state index in [4.69, 9.17) is 21.3 Å². The van der Waals surface area contributed by atoms with Crippen LogP contribution in [0.2, 0.25) is 5.02 Å². The third kappa shape index (κ3) is 6.29. The van der Waals surface area contributed by atoms with Crippen LogP contribution >= 0.6 is 11.6 Å². The predicted octanol–water partition coefficient (Wildman–Crippen LogP) is 5.88. The molecule has 0 atom stereocenters. The van der Waals surface area contributed by atoms with E-state index in [9.17, 15) is 18.7 Å². The molecule has 0 saturated carbocycles. The highest BCUT2D eigenvalue weighted by atomic mass is 35.5. The van der Waals surface area contributed by atoms with E-state index in [-0.39, 0.29) is 22.7 Å². The highest BCUT2D eigenvalue weighted by molar-refractivity contribution is 6.30. The number of ether oxygens (including phenoxy) is 2. The van der Waals surface area contributed by atoms with E-state index in [1.165, 1.54) is 6.07 Å². The van der Waals surface area contributed by atoms with Gasteiger partial charge >= 0.3 is 12.6 Å². The van der Waals surface area contributed by atoms with Gasteiger partial charge in [0.1, 0.15) is 17.9 Å². The molecule has 204 valence electrons. The minimum Gasteiger partial charge on any atom is -0.478 e. The molecule has 1 saturated heterocycles. The number of hydrogen-bond acceptors (Lipinski definition) is 6. The quantitative estimate of drug-likeness (QED) is 0.275. The number of aryl methyl sites for hydroxylation is 1. The average molecular weight is 557 g/mol. The SMILES string of the molecule is Cn1c(CN2CCC(c3cccc(OCc4ccc(Cl)cc4)n3)CC2)nc2c(OC(F)F)cc(C(=O)O)cc21. The first-order valence-electron chi connectivity index (χ1n) is 12.5. The number of benzene rings is 2. The third-order valence-electron chi connectivity index (χ3n) is 6.92. The summed E-state index contributed by atoms with van der Waals surface area (Å²) in [5.41, 5.74) is 2.50. The molecule has 0 bridgehead atoms. The Kier molecular flexibility index (Phi) is 7.94. The van der Waals surface area contributed by atoms with Gasteiger partial charge in [0.15, 0.2) is 5.75 Å². The van der Waals surface area contributed by atoms with Crippen molar-refractivity contribution in [1.29, 1.82) is 0 Å². The smallest absolute Gasteiger partial charge is 0.387 e. The molecule has 0 amide bonds. The van der Waals surface area contributed by atoms with Gasteiger partial charge in [-0.05, 0) is 61.8 Å². The fourth-order valence-electron chi connectivity index (χ4n) is 4.82. The van der Waals surface area contributed by atoms with Crippen LogP contribution < -0.4 is 9.47 Å². The fourth-order valence-corrected chi connectivity index (χ4v) is 4.94. The van der Waals surface area contributed by atoms with Gasteiger partial charge in [-0.2, -0.15) is 8.78 Å². The van der Waals surface area contributed by atoms with E-state index in [0.717, 1.165) is 43.3 Å². The van der Waals surface area contributed by atoms with Crippen molar-refractivity contribution >= 4 is 28.6 Å². The van der Waals surface area contributed by atoms with Crippen molar-refractivity contribution in [3.63, 3.8) is 0 Å². The predicted molar refractivity (Wildman–Crippen MR) is 142 cm³/mol. The lowest BCUT2D eigenvalue weighted by atomic mass is 9.93. The molecule has 2 aromatic carbocycles. The molecule has 0 aliphatic carbocycles. The first-order chi connectivity index (χ1) is 18.8. The Morgan fingerprint density at radius 3 is 2.56 bits per heavy atom. The van der Waals surface area contributed by atoms with Crippen molar-refractivity contribution in [1.82, 2.24) is 19.4 Å². The minimum atomic E-state index is -3.09. The summed E-state index contributed by atoms with van der Waals surface area (Å²) in [6.07, 6.45) is 1.78. The minimum absolute atomic E-state index is 0.139. The van der Waals surface area contributed by atoms with Gasteiger partial charge in [0, 0.05) is 29.7 Å². The lowest BCUT2D eigenvalue weighted by Gasteiger charge is -2.31. The molecule has 39 heavy (non-hydrogen) atoms. The average Bonchev–Trinajstić information content (AvgIpc) is 3.24. The van der Waals surface area contributed by atoms with E-state index in [1.807, 2.05) is 42.5 Å². The van der Waals surface area contributed by atoms with Gasteiger partial charge in [-0.25, -0.2) is 14.8 Å². The van der Waals surface area contributed by atoms with Gasteiger partial charge in [-0.15, -0.1) is 0 Å². The molecule has 0 spiro atoms. The summed E-state index contributed by atoms with van der Waals surface area (Å²) >= 11 is 5.95. The first kappa shape index (κ1) is 26.8. The molecule has 1 N–H and O–H groups in total. The largest absolute Gasteiger partial charge is 0.478 e. The zero-order valence-electron chi connectivity index (χ0n) is 21.2. The number of aromatic nitrogens is 3. The molecule has 0 radical (unpaired) electrons. The van der Waals surface area contributed by atoms with Crippen molar-refractivity contribution in [3.8, 4) is 11.6 Å². The molecule has 3 heterocycles. The van der Waals surface area contributed by atoms with Gasteiger partial charge in [0.05, 0.1) is 17.6 Å². The number of carboxylic acids is 1. The molecule has 5 rings (SSSR count). The summed E-state index contributed by atoms with van der Waals surface area (Å²) in [5, 5.41) is 10.1. The lowest BCUT2D eigenvalue weighted by Crippen LogP contribution is -2.33. The number of carbonyl (C=O) groups is 1. The Morgan fingerprint density at radius 2 is 1.87 bits per heavy atom. The number of aromatic carboxylic acids is 1. The molecule has 1 aliphatic rings. The molecule has 2 aromatic heterocycles. The van der Waals surface area contributed by atoms with E-state index in [1.54, 1.807) is 11.6 Å². The second-order valence-electron chi connectivity index (χ2n) is 9.48. The van der Waals surface area contributed by atoms with Gasteiger partial charge in [0.2, 0.25) is 5.88 Å². The van der Waals surface area contributed by atoms with Gasteiger partial charge in [-0.1, -0.05) is 29.8 Å². The van der Waals surface area contributed by atoms with Gasteiger partial charge in [-0.3, -0.25) is 4.90 Å². The number of nitrogens with zero attached hydrogens (tertiary/aromatic N) is 4. The summed E-state index contributed by atoms with van der Waals surface area (Å²) in [5.74, 6) is 0.0245. The van der Waals surface area contributed by atoms with Crippen LogP contribution in [-0.2, 0) is 20.2 Å². The van der Waals surface area contributed by atoms with E-state index >= 15 is 0 Å². The fraction of sp³-hybridized carbons (Fsp3) is 0.321. The standard InChI is InChI=1S/C28H27ClF2N4O4/c1-34-22-13-19(27(36)37)14-23(39-28(30)31)26(22)33-24(34)15-35-11-9-18(10-12-35)21-3-2-4-25(32-21)38-16-17-5-7-20(29)8-6-17/h2-8,13-14,18,28H,9-12,15-16H2,1H3,(H,36,37). The van der Waals surface area contributed by atoms with Crippen LogP contribution in [0.4, 0.5) is 8.78 Å². The Hall–Kier alpha value is -3.76. The van der Waals surface area contributed by atoms with Crippen molar-refractivity contribution < 1.29 is 28.2 Å². The summed E-state index contributed by atoms with van der Waals surface area (Å²) in [6.45, 7) is -0.594. The molecule has 1 fully saturated rings. The number of halogens is 3. The number of carboxylic acid groups (broad SMARTS) is 1. The zero-order valence-corrected chi connectivity index (χ0v) is 21.9. The number of pyridine rings is 1. The molecule has 11 heteroatoms. The van der Waals surface area contributed by atoms with E-state index in [2.05, 4.69) is 14.6 Å². The topological polar surface area (TPSA) is 89.7 Å². The molecule has 8 nitrogen and oxygen atoms in total. The Bertz CT molecular complexity index is 1470. The number of rotatable bonds is 9. The summed E-state index contributed by atoms with van der Waals surface area (Å²) < 4.78 is 38.1. The Labute approximate surface area is 228 Å². The van der Waals surface area contributed by atoms with E-state index in [0.29, 0.717) is 35.4 Å². The normalized spacial score (nSPS) is 14.7. The highest BCUT2D eigenvalue weighted by Gasteiger charge is 2.25. The maximum Gasteiger partial charge on any atom is 0.387 e. The first-order valence-corrected chi connectivity index (χ1v) is 12.9. The van der Waals surface area contributed by atoms with Gasteiger partial charge in [0.25, 0.3) is 0 Å². The van der Waals surface area contributed by atoms with Crippen molar-refractivity contribution in [3.05, 3.63) is 82.3 Å². The molecule has 4 aromatic rings. The molecule has 0 unspecified atom stereocenters. The maximum atomic E-state index is 13.0. The van der Waals surface area contributed by atoms with Crippen LogP contribution in [0.25, 0.3) is 11.0 Å². The third-order valence-corrected chi connectivity index (χ3v) is 7.18. The number of piperidine rings is 1. The summed E-state index contributed by atoms with van der Waals surface area (Å²) in [6, 6.07) is 15.8. The number of alkyl halides is 2. The lowest BCUT2D eigenvalue weighted by molar-refractivity contribution is -0.0489. The summed E-state index contributed by atoms with van der Waals surface area (Å²) in [4.78, 5) is 23.0. The maximum absolute atomic E-state index is 13.0. The number of likely N-dealkylation sites (tertiary alicyclic amines) is 1. The molecular formula is C28H27ClF2N4O4. The summed E-state index contributed by atoms with van der Waals surface area (Å²) in [7, 11) is 1.74. The highest BCUT2D eigenvalue weighted by Crippen LogP contribution is 2.32. The number of fused-ring (bicyclic) bond motifs is 1. The van der Waals surface area contributed by atoms with Crippen LogP contribution in [0, 0.1) is 0 Å². The molecular weight excluding hydrogens is 530 g/mol. The van der Waals surface area contributed by atoms with Crippen LogP contribution in [0.1, 0.15) is 46.2 Å². The number of imidazole rings is 1. The van der Waals surface area contributed by atoms with Crippen molar-refractivity contribution in [2.75, 3.05) is 13.1 Å². The second kappa shape index (κ2) is 11.5. The van der Waals surface area contributed by atoms with Crippen LogP contribution in [-0.4, -0.2) is 50.2 Å². The Morgan fingerprint density at radius 1 is 1.13 bits per heavy atom.